The van der Waals surface area contributed by atoms with Crippen molar-refractivity contribution >= 4 is 33.8 Å². The Morgan fingerprint density at radius 3 is 1.77 bits per heavy atom. The molecule has 1 fully saturated rings. The number of rotatable bonds is 6. The van der Waals surface area contributed by atoms with E-state index in [-0.39, 0.29) is 11.1 Å². The van der Waals surface area contributed by atoms with Crippen LogP contribution >= 0.6 is 15.9 Å². The van der Waals surface area contributed by atoms with Gasteiger partial charge >= 0.3 is 17.9 Å². The van der Waals surface area contributed by atoms with E-state index in [2.05, 4.69) is 15.9 Å². The summed E-state index contributed by atoms with van der Waals surface area (Å²) >= 11 is 3.22. The first-order chi connectivity index (χ1) is 14.9. The van der Waals surface area contributed by atoms with Crippen molar-refractivity contribution in [3.63, 3.8) is 0 Å². The van der Waals surface area contributed by atoms with E-state index < -0.39 is 54.0 Å². The fourth-order valence-electron chi connectivity index (χ4n) is 3.11. The normalized spacial score (nSPS) is 25.3. The molecule has 0 saturated carbocycles. The molecule has 2 aromatic rings. The summed E-state index contributed by atoms with van der Waals surface area (Å²) < 4.78 is 35.5. The Balaban J connectivity index is 1.91. The monoisotopic (exact) mass is 494 g/mol. The van der Waals surface area contributed by atoms with Crippen LogP contribution in [0.3, 0.4) is 0 Å². The number of hydrogen-bond donors (Lipinski definition) is 0. The van der Waals surface area contributed by atoms with E-state index in [1.54, 1.807) is 48.5 Å². The molecule has 0 amide bonds. The van der Waals surface area contributed by atoms with Crippen LogP contribution in [0.25, 0.3) is 0 Å². The molecule has 0 bridgehead atoms. The van der Waals surface area contributed by atoms with Crippen LogP contribution in [0.15, 0.2) is 60.7 Å². The van der Waals surface area contributed by atoms with Crippen LogP contribution in [0.4, 0.5) is 4.39 Å². The molecule has 1 aliphatic heterocycles. The number of halogens is 2. The fraction of sp³-hybridized carbons (Fsp3) is 0.318. The van der Waals surface area contributed by atoms with Gasteiger partial charge in [0.05, 0.1) is 11.1 Å². The minimum absolute atomic E-state index is 0.228. The number of ether oxygens (including phenoxy) is 4. The summed E-state index contributed by atoms with van der Waals surface area (Å²) in [5, 5.41) is -1.01. The number of alkyl halides is 2. The summed E-state index contributed by atoms with van der Waals surface area (Å²) in [5.74, 6) is -2.18. The summed E-state index contributed by atoms with van der Waals surface area (Å²) in [7, 11) is 0. The maximum atomic E-state index is 13.7. The molecule has 1 saturated heterocycles. The maximum Gasteiger partial charge on any atom is 0.338 e. The number of carbonyl (C=O) groups is 3. The van der Waals surface area contributed by atoms with Gasteiger partial charge in [-0.25, -0.2) is 14.0 Å². The second-order valence-corrected chi connectivity index (χ2v) is 7.63. The molecule has 2 aromatic carbocycles. The SMILES string of the molecule is CC(=O)O[C@@H]1[C@H](OC(=O)c2ccccc2)[C@@H](OC(=O)c2ccccc2)[C@@H](Br)O[C@@H]1CF. The first kappa shape index (κ1) is 22.9. The highest BCUT2D eigenvalue weighted by molar-refractivity contribution is 9.09. The first-order valence-electron chi connectivity index (χ1n) is 9.45. The number of esters is 3. The van der Waals surface area contributed by atoms with Gasteiger partial charge in [0.25, 0.3) is 0 Å². The molecule has 0 spiro atoms. The smallest absolute Gasteiger partial charge is 0.338 e. The highest BCUT2D eigenvalue weighted by atomic mass is 79.9. The van der Waals surface area contributed by atoms with E-state index in [0.717, 1.165) is 6.92 Å². The summed E-state index contributed by atoms with van der Waals surface area (Å²) in [6.45, 7) is 0.120. The van der Waals surface area contributed by atoms with Gasteiger partial charge in [0.2, 0.25) is 0 Å². The largest absolute Gasteiger partial charge is 0.456 e. The second-order valence-electron chi connectivity index (χ2n) is 6.73. The van der Waals surface area contributed by atoms with Gasteiger partial charge < -0.3 is 18.9 Å². The van der Waals surface area contributed by atoms with Crippen molar-refractivity contribution < 1.29 is 37.7 Å². The maximum absolute atomic E-state index is 13.7. The van der Waals surface area contributed by atoms with Crippen LogP contribution in [0.5, 0.6) is 0 Å². The Labute approximate surface area is 186 Å². The molecule has 0 unspecified atom stereocenters. The number of benzene rings is 2. The zero-order valence-corrected chi connectivity index (χ0v) is 18.1. The molecule has 1 heterocycles. The van der Waals surface area contributed by atoms with Gasteiger partial charge in [-0.15, -0.1) is 0 Å². The average Bonchev–Trinajstić information content (AvgIpc) is 2.78. The first-order valence-corrected chi connectivity index (χ1v) is 10.4. The Hall–Kier alpha value is -2.78. The van der Waals surface area contributed by atoms with Crippen LogP contribution in [0.2, 0.25) is 0 Å². The Morgan fingerprint density at radius 2 is 1.32 bits per heavy atom. The van der Waals surface area contributed by atoms with Crippen molar-refractivity contribution in [1.29, 1.82) is 0 Å². The van der Waals surface area contributed by atoms with E-state index in [1.165, 1.54) is 12.1 Å². The predicted molar refractivity (Wildman–Crippen MR) is 110 cm³/mol. The summed E-state index contributed by atoms with van der Waals surface area (Å²) in [6.07, 6.45) is -5.08. The molecule has 0 aromatic heterocycles. The zero-order valence-electron chi connectivity index (χ0n) is 16.5. The van der Waals surface area contributed by atoms with Gasteiger partial charge in [-0.1, -0.05) is 52.3 Å². The minimum atomic E-state index is -1.32. The lowest BCUT2D eigenvalue weighted by Crippen LogP contribution is -2.60. The van der Waals surface area contributed by atoms with E-state index >= 15 is 0 Å². The van der Waals surface area contributed by atoms with Crippen molar-refractivity contribution in [2.75, 3.05) is 6.67 Å². The summed E-state index contributed by atoms with van der Waals surface area (Å²) in [4.78, 5) is 37.0. The second kappa shape index (κ2) is 10.5. The van der Waals surface area contributed by atoms with Crippen molar-refractivity contribution in [3.05, 3.63) is 71.8 Å². The van der Waals surface area contributed by atoms with Crippen LogP contribution in [-0.4, -0.2) is 54.0 Å². The van der Waals surface area contributed by atoms with Crippen molar-refractivity contribution in [3.8, 4) is 0 Å². The van der Waals surface area contributed by atoms with Crippen LogP contribution < -0.4 is 0 Å². The Kier molecular flexibility index (Phi) is 7.75. The van der Waals surface area contributed by atoms with Gasteiger partial charge in [-0.2, -0.15) is 0 Å². The highest BCUT2D eigenvalue weighted by Crippen LogP contribution is 2.32. The summed E-state index contributed by atoms with van der Waals surface area (Å²) in [5.41, 5.74) is 0.485. The molecular formula is C22H20BrFO7. The molecule has 9 heteroatoms. The average molecular weight is 495 g/mol. The lowest BCUT2D eigenvalue weighted by Gasteiger charge is -2.42. The van der Waals surface area contributed by atoms with E-state index in [9.17, 15) is 18.8 Å². The topological polar surface area (TPSA) is 88.1 Å². The van der Waals surface area contributed by atoms with Crippen molar-refractivity contribution in [2.24, 2.45) is 0 Å². The Bertz CT molecular complexity index is 909. The highest BCUT2D eigenvalue weighted by Gasteiger charge is 2.51. The molecule has 7 nitrogen and oxygen atoms in total. The van der Waals surface area contributed by atoms with Crippen LogP contribution in [0, 0.1) is 0 Å². The quantitative estimate of drug-likeness (QED) is 0.345. The lowest BCUT2D eigenvalue weighted by molar-refractivity contribution is -0.215. The van der Waals surface area contributed by atoms with E-state index in [4.69, 9.17) is 18.9 Å². The molecule has 5 atom stereocenters. The lowest BCUT2D eigenvalue weighted by atomic mass is 9.99. The standard InChI is InChI=1S/C22H20BrFO7/c1-13(25)28-17-16(12-24)29-20(23)19(31-22(27)15-10-6-3-7-11-15)18(17)30-21(26)14-8-4-2-5-9-14/h2-11,16-20H,12H2,1H3/t16-,17+,18+,19-,20+/m1/s1. The van der Waals surface area contributed by atoms with Gasteiger partial charge in [-0.05, 0) is 24.3 Å². The summed E-state index contributed by atoms with van der Waals surface area (Å²) in [6, 6.07) is 16.2. The van der Waals surface area contributed by atoms with Crippen molar-refractivity contribution in [1.82, 2.24) is 0 Å². The molecule has 164 valence electrons. The van der Waals surface area contributed by atoms with Gasteiger partial charge in [0, 0.05) is 6.92 Å². The zero-order chi connectivity index (χ0) is 22.4. The minimum Gasteiger partial charge on any atom is -0.456 e. The van der Waals surface area contributed by atoms with Gasteiger partial charge in [0.1, 0.15) is 12.8 Å². The molecular weight excluding hydrogens is 475 g/mol. The molecule has 0 aliphatic carbocycles. The third-order valence-corrected chi connectivity index (χ3v) is 5.27. The fourth-order valence-corrected chi connectivity index (χ4v) is 3.80. The number of carbonyl (C=O) groups excluding carboxylic acids is 3. The van der Waals surface area contributed by atoms with Gasteiger partial charge in [-0.3, -0.25) is 4.79 Å². The Morgan fingerprint density at radius 1 is 0.839 bits per heavy atom. The van der Waals surface area contributed by atoms with E-state index in [1.807, 2.05) is 0 Å². The van der Waals surface area contributed by atoms with E-state index in [0.29, 0.717) is 0 Å². The third kappa shape index (κ3) is 5.68. The molecule has 0 radical (unpaired) electrons. The molecule has 3 rings (SSSR count). The third-order valence-electron chi connectivity index (χ3n) is 4.54. The van der Waals surface area contributed by atoms with Gasteiger partial charge in [0.15, 0.2) is 23.3 Å². The number of hydrogen-bond acceptors (Lipinski definition) is 7. The molecule has 0 N–H and O–H groups in total. The van der Waals surface area contributed by atoms with Crippen LogP contribution in [-0.2, 0) is 23.7 Å². The molecule has 31 heavy (non-hydrogen) atoms. The van der Waals surface area contributed by atoms with Crippen molar-refractivity contribution in [2.45, 2.75) is 36.4 Å². The molecule has 1 aliphatic rings. The predicted octanol–water partition coefficient (Wildman–Crippen LogP) is 3.46. The van der Waals surface area contributed by atoms with Crippen LogP contribution in [0.1, 0.15) is 27.6 Å².